The maximum atomic E-state index is 5.81. The summed E-state index contributed by atoms with van der Waals surface area (Å²) in [6, 6.07) is 17.8. The van der Waals surface area contributed by atoms with Gasteiger partial charge >= 0.3 is 0 Å². The van der Waals surface area contributed by atoms with Gasteiger partial charge < -0.3 is 4.74 Å². The predicted molar refractivity (Wildman–Crippen MR) is 66.9 cm³/mol. The number of benzene rings is 2. The third-order valence-corrected chi connectivity index (χ3v) is 2.31. The Morgan fingerprint density at radius 2 is 1.62 bits per heavy atom. The van der Waals surface area contributed by atoms with E-state index >= 15 is 0 Å². The lowest BCUT2D eigenvalue weighted by atomic mass is 10.1. The van der Waals surface area contributed by atoms with Crippen LogP contribution in [0.15, 0.2) is 67.3 Å². The average molecular weight is 210 g/mol. The van der Waals surface area contributed by atoms with E-state index in [1.807, 2.05) is 54.6 Å². The number of allylic oxidation sites excluding steroid dienone is 1. The van der Waals surface area contributed by atoms with E-state index in [9.17, 15) is 0 Å². The molecule has 0 aromatic heterocycles. The summed E-state index contributed by atoms with van der Waals surface area (Å²) in [5, 5.41) is 0. The summed E-state index contributed by atoms with van der Waals surface area (Å²) in [6.07, 6.45) is 2.70. The van der Waals surface area contributed by atoms with Gasteiger partial charge in [0.1, 0.15) is 11.5 Å². The van der Waals surface area contributed by atoms with Crippen LogP contribution < -0.4 is 4.74 Å². The Labute approximate surface area is 96.0 Å². The van der Waals surface area contributed by atoms with Gasteiger partial charge in [0.15, 0.2) is 0 Å². The smallest absolute Gasteiger partial charge is 0.130 e. The van der Waals surface area contributed by atoms with Crippen molar-refractivity contribution in [1.82, 2.24) is 0 Å². The van der Waals surface area contributed by atoms with Gasteiger partial charge in [-0.2, -0.15) is 0 Å². The van der Waals surface area contributed by atoms with Crippen molar-refractivity contribution >= 4 is 0 Å². The quantitative estimate of drug-likeness (QED) is 0.687. The highest BCUT2D eigenvalue weighted by atomic mass is 16.5. The van der Waals surface area contributed by atoms with Gasteiger partial charge in [-0.05, 0) is 30.2 Å². The van der Waals surface area contributed by atoms with Crippen LogP contribution in [0.2, 0.25) is 0 Å². The Morgan fingerprint density at radius 3 is 2.38 bits per heavy atom. The highest BCUT2D eigenvalue weighted by Crippen LogP contribution is 2.25. The van der Waals surface area contributed by atoms with Gasteiger partial charge in [0.05, 0.1) is 0 Å². The highest BCUT2D eigenvalue weighted by molar-refractivity contribution is 5.38. The summed E-state index contributed by atoms with van der Waals surface area (Å²) in [7, 11) is 0. The molecule has 0 N–H and O–H groups in total. The van der Waals surface area contributed by atoms with E-state index in [0.29, 0.717) is 0 Å². The van der Waals surface area contributed by atoms with E-state index < -0.39 is 0 Å². The topological polar surface area (TPSA) is 9.23 Å². The lowest BCUT2D eigenvalue weighted by Gasteiger charge is -2.09. The molecule has 2 aromatic carbocycles. The molecule has 0 saturated carbocycles. The summed E-state index contributed by atoms with van der Waals surface area (Å²) in [5.74, 6) is 1.76. The summed E-state index contributed by atoms with van der Waals surface area (Å²) in [5.41, 5.74) is 1.15. The third kappa shape index (κ3) is 2.51. The van der Waals surface area contributed by atoms with E-state index in [-0.39, 0.29) is 0 Å². The van der Waals surface area contributed by atoms with Crippen molar-refractivity contribution in [3.05, 3.63) is 72.8 Å². The fraction of sp³-hybridized carbons (Fsp3) is 0.0667. The summed E-state index contributed by atoms with van der Waals surface area (Å²) in [4.78, 5) is 0. The first-order chi connectivity index (χ1) is 7.90. The molecule has 0 heterocycles. The van der Waals surface area contributed by atoms with Gasteiger partial charge in [0.2, 0.25) is 0 Å². The average Bonchev–Trinajstić information content (AvgIpc) is 2.33. The van der Waals surface area contributed by atoms with Crippen LogP contribution in [0.25, 0.3) is 0 Å². The van der Waals surface area contributed by atoms with Crippen LogP contribution in [0, 0.1) is 0 Å². The Hall–Kier alpha value is -2.02. The minimum absolute atomic E-state index is 0.822. The van der Waals surface area contributed by atoms with Crippen molar-refractivity contribution in [3.8, 4) is 11.5 Å². The molecule has 2 rings (SSSR count). The van der Waals surface area contributed by atoms with E-state index in [0.717, 1.165) is 23.5 Å². The van der Waals surface area contributed by atoms with Crippen LogP contribution >= 0.6 is 0 Å². The van der Waals surface area contributed by atoms with Crippen molar-refractivity contribution in [2.75, 3.05) is 0 Å². The van der Waals surface area contributed by atoms with Gasteiger partial charge in [-0.15, -0.1) is 6.58 Å². The minimum Gasteiger partial charge on any atom is -0.457 e. The summed E-state index contributed by atoms with van der Waals surface area (Å²) in [6.45, 7) is 3.75. The van der Waals surface area contributed by atoms with Crippen LogP contribution in [0.1, 0.15) is 5.56 Å². The molecule has 0 bridgehead atoms. The van der Waals surface area contributed by atoms with Crippen LogP contribution in [0.3, 0.4) is 0 Å². The first-order valence-electron chi connectivity index (χ1n) is 5.32. The molecular formula is C15H14O. The molecule has 0 aliphatic carbocycles. The number of hydrogen-bond acceptors (Lipinski definition) is 1. The Morgan fingerprint density at radius 1 is 0.938 bits per heavy atom. The zero-order valence-electron chi connectivity index (χ0n) is 9.10. The fourth-order valence-electron chi connectivity index (χ4n) is 1.54. The van der Waals surface area contributed by atoms with Gasteiger partial charge in [0.25, 0.3) is 0 Å². The molecule has 80 valence electrons. The molecule has 0 fully saturated rings. The second-order valence-corrected chi connectivity index (χ2v) is 3.52. The SMILES string of the molecule is C=CCc1ccccc1Oc1ccccc1. The molecule has 0 amide bonds. The number of rotatable bonds is 4. The molecule has 1 heteroatoms. The second kappa shape index (κ2) is 5.17. The molecule has 16 heavy (non-hydrogen) atoms. The maximum Gasteiger partial charge on any atom is 0.130 e. The Balaban J connectivity index is 2.24. The number of ether oxygens (including phenoxy) is 1. The molecule has 2 aromatic rings. The summed E-state index contributed by atoms with van der Waals surface area (Å²) < 4.78 is 5.81. The molecule has 0 spiro atoms. The van der Waals surface area contributed by atoms with Crippen molar-refractivity contribution in [2.24, 2.45) is 0 Å². The molecule has 1 nitrogen and oxygen atoms in total. The number of hydrogen-bond donors (Lipinski definition) is 0. The molecule has 0 atom stereocenters. The molecular weight excluding hydrogens is 196 g/mol. The van der Waals surface area contributed by atoms with Gasteiger partial charge in [-0.1, -0.05) is 42.5 Å². The molecule has 0 saturated heterocycles. The van der Waals surface area contributed by atoms with Gasteiger partial charge in [-0.25, -0.2) is 0 Å². The lowest BCUT2D eigenvalue weighted by Crippen LogP contribution is -1.89. The zero-order chi connectivity index (χ0) is 11.2. The molecule has 0 aliphatic rings. The van der Waals surface area contributed by atoms with Crippen LogP contribution in [0.5, 0.6) is 11.5 Å². The van der Waals surface area contributed by atoms with Crippen LogP contribution in [-0.2, 0) is 6.42 Å². The van der Waals surface area contributed by atoms with E-state index in [1.165, 1.54) is 0 Å². The van der Waals surface area contributed by atoms with E-state index in [2.05, 4.69) is 12.6 Å². The first kappa shape index (κ1) is 10.5. The molecule has 0 aliphatic heterocycles. The predicted octanol–water partition coefficient (Wildman–Crippen LogP) is 4.21. The fourth-order valence-corrected chi connectivity index (χ4v) is 1.54. The van der Waals surface area contributed by atoms with Crippen LogP contribution in [-0.4, -0.2) is 0 Å². The normalized spacial score (nSPS) is 9.75. The van der Waals surface area contributed by atoms with Crippen molar-refractivity contribution < 1.29 is 4.74 Å². The lowest BCUT2D eigenvalue weighted by molar-refractivity contribution is 0.477. The Kier molecular flexibility index (Phi) is 3.39. The van der Waals surface area contributed by atoms with Crippen molar-refractivity contribution in [3.63, 3.8) is 0 Å². The standard InChI is InChI=1S/C15H14O/c1-2-8-13-9-6-7-12-15(13)16-14-10-4-3-5-11-14/h2-7,9-12H,1,8H2. The zero-order valence-corrected chi connectivity index (χ0v) is 9.10. The summed E-state index contributed by atoms with van der Waals surface area (Å²) >= 11 is 0. The third-order valence-electron chi connectivity index (χ3n) is 2.31. The largest absolute Gasteiger partial charge is 0.457 e. The molecule has 0 unspecified atom stereocenters. The van der Waals surface area contributed by atoms with E-state index in [4.69, 9.17) is 4.74 Å². The van der Waals surface area contributed by atoms with Gasteiger partial charge in [0, 0.05) is 0 Å². The van der Waals surface area contributed by atoms with Crippen molar-refractivity contribution in [2.45, 2.75) is 6.42 Å². The minimum atomic E-state index is 0.822. The first-order valence-corrected chi connectivity index (χ1v) is 5.32. The van der Waals surface area contributed by atoms with Gasteiger partial charge in [-0.3, -0.25) is 0 Å². The van der Waals surface area contributed by atoms with E-state index in [1.54, 1.807) is 0 Å². The molecule has 0 radical (unpaired) electrons. The second-order valence-electron chi connectivity index (χ2n) is 3.52. The maximum absolute atomic E-state index is 5.81. The van der Waals surface area contributed by atoms with Crippen molar-refractivity contribution in [1.29, 1.82) is 0 Å². The number of para-hydroxylation sites is 2. The monoisotopic (exact) mass is 210 g/mol. The highest BCUT2D eigenvalue weighted by Gasteiger charge is 2.01. The van der Waals surface area contributed by atoms with Crippen LogP contribution in [0.4, 0.5) is 0 Å². The Bertz CT molecular complexity index is 460.